The van der Waals surface area contributed by atoms with Gasteiger partial charge in [-0.3, -0.25) is 0 Å². The lowest BCUT2D eigenvalue weighted by atomic mass is 9.66. The summed E-state index contributed by atoms with van der Waals surface area (Å²) < 4.78 is 2.38. The van der Waals surface area contributed by atoms with Crippen molar-refractivity contribution in [3.05, 3.63) is 294 Å². The molecule has 9 aromatic carbocycles. The summed E-state index contributed by atoms with van der Waals surface area (Å²) in [5, 5.41) is 2.51. The standard InChI is InChI=1S/C63H45N/c1-2-12-27-51(26-11-1)63(52-28-13-5-14-29-52)58-42-49(34-37-54(58)55-38-35-50(43-59(55)63)62(44-20-7-3-8-21-44)45-22-9-4-10-23-45)47-25-19-24-46(40-47)48-36-39-61-57(41-48)56-32-17-18-33-60(56)64(61)53-30-15-6-16-31-53/h1-11,13-43,62H,12H2. The van der Waals surface area contributed by atoms with Crippen LogP contribution in [0.2, 0.25) is 0 Å². The lowest BCUT2D eigenvalue weighted by Crippen LogP contribution is -2.29. The highest BCUT2D eigenvalue weighted by atomic mass is 15.0. The van der Waals surface area contributed by atoms with Crippen molar-refractivity contribution in [2.24, 2.45) is 0 Å². The van der Waals surface area contributed by atoms with E-state index in [9.17, 15) is 0 Å². The fourth-order valence-electron chi connectivity index (χ4n) is 10.8. The number of fused-ring (bicyclic) bond motifs is 6. The van der Waals surface area contributed by atoms with Crippen LogP contribution in [0.15, 0.2) is 260 Å². The highest BCUT2D eigenvalue weighted by molar-refractivity contribution is 6.10. The zero-order valence-corrected chi connectivity index (χ0v) is 35.5. The summed E-state index contributed by atoms with van der Waals surface area (Å²) in [4.78, 5) is 0. The molecule has 10 aromatic rings. The van der Waals surface area contributed by atoms with Gasteiger partial charge in [0.2, 0.25) is 0 Å². The molecule has 302 valence electrons. The molecule has 1 heteroatoms. The van der Waals surface area contributed by atoms with Crippen LogP contribution < -0.4 is 0 Å². The quantitative estimate of drug-likeness (QED) is 0.135. The van der Waals surface area contributed by atoms with Crippen molar-refractivity contribution in [3.8, 4) is 39.1 Å². The van der Waals surface area contributed by atoms with E-state index in [1.807, 2.05) is 0 Å². The molecule has 1 heterocycles. The zero-order chi connectivity index (χ0) is 42.5. The predicted octanol–water partition coefficient (Wildman–Crippen LogP) is 16.1. The lowest BCUT2D eigenvalue weighted by molar-refractivity contribution is 0.761. The van der Waals surface area contributed by atoms with E-state index in [1.165, 1.54) is 99.8 Å². The van der Waals surface area contributed by atoms with E-state index >= 15 is 0 Å². The van der Waals surface area contributed by atoms with Gasteiger partial charge in [-0.2, -0.15) is 0 Å². The monoisotopic (exact) mass is 815 g/mol. The summed E-state index contributed by atoms with van der Waals surface area (Å²) >= 11 is 0. The first kappa shape index (κ1) is 37.7. The second kappa shape index (κ2) is 15.7. The van der Waals surface area contributed by atoms with Gasteiger partial charge < -0.3 is 4.57 Å². The molecule has 1 unspecified atom stereocenters. The van der Waals surface area contributed by atoms with Crippen molar-refractivity contribution >= 4 is 21.8 Å². The molecule has 12 rings (SSSR count). The number of hydrogen-bond donors (Lipinski definition) is 0. The molecule has 1 nitrogen and oxygen atoms in total. The maximum Gasteiger partial charge on any atom is 0.0710 e. The smallest absolute Gasteiger partial charge is 0.0710 e. The molecule has 0 saturated heterocycles. The second-order valence-corrected chi connectivity index (χ2v) is 17.1. The molecular weight excluding hydrogens is 771 g/mol. The number of hydrogen-bond acceptors (Lipinski definition) is 0. The summed E-state index contributed by atoms with van der Waals surface area (Å²) in [6.07, 6.45) is 12.3. The van der Waals surface area contributed by atoms with Crippen LogP contribution in [-0.4, -0.2) is 4.57 Å². The van der Waals surface area contributed by atoms with Gasteiger partial charge in [0, 0.05) is 22.4 Å². The minimum Gasteiger partial charge on any atom is -0.309 e. The van der Waals surface area contributed by atoms with Gasteiger partial charge in [-0.1, -0.05) is 212 Å². The third-order valence-electron chi connectivity index (χ3n) is 13.6. The average molecular weight is 816 g/mol. The van der Waals surface area contributed by atoms with Gasteiger partial charge in [0.25, 0.3) is 0 Å². The predicted molar refractivity (Wildman–Crippen MR) is 268 cm³/mol. The summed E-state index contributed by atoms with van der Waals surface area (Å²) in [5.41, 5.74) is 19.5. The van der Waals surface area contributed by atoms with Crippen molar-refractivity contribution in [2.75, 3.05) is 0 Å². The number of nitrogens with zero attached hydrogens (tertiary/aromatic N) is 1. The highest BCUT2D eigenvalue weighted by Gasteiger charge is 2.47. The van der Waals surface area contributed by atoms with Crippen LogP contribution in [0.1, 0.15) is 45.7 Å². The summed E-state index contributed by atoms with van der Waals surface area (Å²) in [7, 11) is 0. The van der Waals surface area contributed by atoms with E-state index in [1.54, 1.807) is 0 Å². The SMILES string of the molecule is C1=CCC=C(C2(c3ccccc3)c3cc(-c4cccc(-c5ccc6c(c5)c5ccccc5n6-c5ccccc5)c4)ccc3-c3ccc(C(c4ccccc4)c4ccccc4)cc32)C=C1. The minimum absolute atomic E-state index is 0.0811. The molecule has 0 spiro atoms. The van der Waals surface area contributed by atoms with E-state index in [2.05, 4.69) is 259 Å². The molecule has 0 aliphatic heterocycles. The Morgan fingerprint density at radius 3 is 1.72 bits per heavy atom. The molecule has 1 aromatic heterocycles. The van der Waals surface area contributed by atoms with Crippen molar-refractivity contribution in [1.82, 2.24) is 4.57 Å². The van der Waals surface area contributed by atoms with Gasteiger partial charge in [-0.05, 0) is 121 Å². The lowest BCUT2D eigenvalue weighted by Gasteiger charge is -2.35. The van der Waals surface area contributed by atoms with E-state index in [4.69, 9.17) is 0 Å². The van der Waals surface area contributed by atoms with Crippen LogP contribution in [0.25, 0.3) is 60.9 Å². The van der Waals surface area contributed by atoms with E-state index in [-0.39, 0.29) is 5.92 Å². The molecule has 0 radical (unpaired) electrons. The van der Waals surface area contributed by atoms with Crippen LogP contribution >= 0.6 is 0 Å². The summed E-state index contributed by atoms with van der Waals surface area (Å²) in [6.45, 7) is 0. The molecule has 0 amide bonds. The van der Waals surface area contributed by atoms with Gasteiger partial charge in [0.15, 0.2) is 0 Å². The van der Waals surface area contributed by atoms with Crippen LogP contribution in [0.5, 0.6) is 0 Å². The molecule has 2 aliphatic carbocycles. The Balaban J connectivity index is 1.03. The maximum atomic E-state index is 2.53. The zero-order valence-electron chi connectivity index (χ0n) is 35.5. The Hall–Kier alpha value is -8.00. The van der Waals surface area contributed by atoms with Crippen LogP contribution in [0.3, 0.4) is 0 Å². The fraction of sp³-hybridized carbons (Fsp3) is 0.0476. The van der Waals surface area contributed by atoms with Gasteiger partial charge in [-0.15, -0.1) is 0 Å². The number of para-hydroxylation sites is 2. The Morgan fingerprint density at radius 1 is 0.406 bits per heavy atom. The van der Waals surface area contributed by atoms with Gasteiger partial charge in [-0.25, -0.2) is 0 Å². The highest BCUT2D eigenvalue weighted by Crippen LogP contribution is 2.58. The van der Waals surface area contributed by atoms with Gasteiger partial charge in [0.1, 0.15) is 0 Å². The topological polar surface area (TPSA) is 4.93 Å². The Labute approximate surface area is 375 Å². The fourth-order valence-corrected chi connectivity index (χ4v) is 10.8. The molecular formula is C63H45N. The van der Waals surface area contributed by atoms with E-state index < -0.39 is 5.41 Å². The largest absolute Gasteiger partial charge is 0.309 e. The number of aromatic nitrogens is 1. The van der Waals surface area contributed by atoms with Crippen molar-refractivity contribution in [3.63, 3.8) is 0 Å². The molecule has 0 fully saturated rings. The van der Waals surface area contributed by atoms with E-state index in [0.29, 0.717) is 0 Å². The van der Waals surface area contributed by atoms with Crippen LogP contribution in [0, 0.1) is 0 Å². The first-order valence-electron chi connectivity index (χ1n) is 22.4. The minimum atomic E-state index is -0.548. The maximum absolute atomic E-state index is 2.53. The first-order chi connectivity index (χ1) is 31.8. The van der Waals surface area contributed by atoms with Crippen LogP contribution in [0.4, 0.5) is 0 Å². The van der Waals surface area contributed by atoms with E-state index in [0.717, 1.165) is 6.42 Å². The number of rotatable bonds is 8. The van der Waals surface area contributed by atoms with Gasteiger partial charge in [0.05, 0.1) is 16.4 Å². The first-order valence-corrected chi connectivity index (χ1v) is 22.4. The molecule has 2 aliphatic rings. The van der Waals surface area contributed by atoms with Crippen molar-refractivity contribution < 1.29 is 0 Å². The van der Waals surface area contributed by atoms with Crippen LogP contribution in [-0.2, 0) is 5.41 Å². The summed E-state index contributed by atoms with van der Waals surface area (Å²) in [5.74, 6) is 0.0811. The molecule has 1 atom stereocenters. The summed E-state index contributed by atoms with van der Waals surface area (Å²) in [6, 6.07) is 83.2. The van der Waals surface area contributed by atoms with Crippen molar-refractivity contribution in [2.45, 2.75) is 17.8 Å². The third-order valence-corrected chi connectivity index (χ3v) is 13.6. The number of benzene rings is 9. The number of allylic oxidation sites excluding steroid dienone is 6. The Kier molecular flexibility index (Phi) is 9.27. The third kappa shape index (κ3) is 6.15. The van der Waals surface area contributed by atoms with Crippen molar-refractivity contribution in [1.29, 1.82) is 0 Å². The molecule has 0 N–H and O–H groups in total. The Morgan fingerprint density at radius 2 is 0.984 bits per heavy atom. The average Bonchev–Trinajstić information content (AvgIpc) is 3.68. The second-order valence-electron chi connectivity index (χ2n) is 17.1. The molecule has 0 bridgehead atoms. The molecule has 64 heavy (non-hydrogen) atoms. The van der Waals surface area contributed by atoms with Gasteiger partial charge >= 0.3 is 0 Å². The normalized spacial score (nSPS) is 15.3. The molecule has 0 saturated carbocycles. The Bertz CT molecular complexity index is 3400.